The normalized spacial score (nSPS) is 12.2. The van der Waals surface area contributed by atoms with Gasteiger partial charge in [-0.2, -0.15) is 0 Å². The summed E-state index contributed by atoms with van der Waals surface area (Å²) in [6.45, 7) is 3.57. The molecule has 0 saturated heterocycles. The molecule has 0 aromatic heterocycles. The van der Waals surface area contributed by atoms with Crippen molar-refractivity contribution in [1.29, 1.82) is 0 Å². The Morgan fingerprint density at radius 3 is 2.35 bits per heavy atom. The number of carboxylic acids is 1. The van der Waals surface area contributed by atoms with Crippen LogP contribution in [0.2, 0.25) is 0 Å². The summed E-state index contributed by atoms with van der Waals surface area (Å²) >= 11 is 0. The van der Waals surface area contributed by atoms with E-state index >= 15 is 0 Å². The number of aliphatic carboxylic acids is 1. The van der Waals surface area contributed by atoms with E-state index in [1.807, 2.05) is 0 Å². The van der Waals surface area contributed by atoms with Crippen molar-refractivity contribution in [2.45, 2.75) is 32.6 Å². The predicted molar refractivity (Wildman–Crippen MR) is 66.8 cm³/mol. The quantitative estimate of drug-likeness (QED) is 0.592. The third-order valence-corrected chi connectivity index (χ3v) is 2.68. The maximum Gasteiger partial charge on any atom is 0.303 e. The van der Waals surface area contributed by atoms with E-state index in [9.17, 15) is 9.59 Å². The number of carbonyl (C=O) groups is 2. The molecule has 0 aliphatic heterocycles. The molecular weight excluding hydrogens is 220 g/mol. The monoisotopic (exact) mass is 244 g/mol. The lowest BCUT2D eigenvalue weighted by Gasteiger charge is -2.12. The van der Waals surface area contributed by atoms with E-state index in [-0.39, 0.29) is 12.3 Å². The molecule has 0 saturated carbocycles. The fourth-order valence-corrected chi connectivity index (χ4v) is 1.41. The maximum absolute atomic E-state index is 11.2. The number of hydrogen-bond donors (Lipinski definition) is 2. The highest BCUT2D eigenvalue weighted by Crippen LogP contribution is 2.08. The second-order valence-corrected chi connectivity index (χ2v) is 4.61. The van der Waals surface area contributed by atoms with Gasteiger partial charge >= 0.3 is 5.97 Å². The molecule has 1 unspecified atom stereocenters. The zero-order chi connectivity index (χ0) is 13.3. The zero-order valence-electron chi connectivity index (χ0n) is 11.0. The number of rotatable bonds is 9. The Kier molecular flexibility index (Phi) is 8.40. The van der Waals surface area contributed by atoms with Crippen molar-refractivity contribution in [3.8, 4) is 0 Å². The maximum atomic E-state index is 11.2. The van der Waals surface area contributed by atoms with E-state index in [0.29, 0.717) is 25.3 Å². The van der Waals surface area contributed by atoms with E-state index < -0.39 is 5.97 Å². The highest BCUT2D eigenvalue weighted by molar-refractivity contribution is 5.75. The molecule has 2 N–H and O–H groups in total. The van der Waals surface area contributed by atoms with Crippen LogP contribution in [0.4, 0.5) is 0 Å². The van der Waals surface area contributed by atoms with Gasteiger partial charge < -0.3 is 15.3 Å². The number of hydrogen-bond acceptors (Lipinski definition) is 3. The Morgan fingerprint density at radius 2 is 1.82 bits per heavy atom. The first-order chi connectivity index (χ1) is 7.93. The summed E-state index contributed by atoms with van der Waals surface area (Å²) in [5.41, 5.74) is 0. The topological polar surface area (TPSA) is 69.6 Å². The van der Waals surface area contributed by atoms with E-state index in [1.54, 1.807) is 19.0 Å². The van der Waals surface area contributed by atoms with E-state index in [4.69, 9.17) is 5.11 Å². The van der Waals surface area contributed by atoms with Crippen LogP contribution in [0.5, 0.6) is 0 Å². The molecule has 17 heavy (non-hydrogen) atoms. The van der Waals surface area contributed by atoms with Gasteiger partial charge in [-0.15, -0.1) is 0 Å². The average molecular weight is 244 g/mol. The Balaban J connectivity index is 3.39. The van der Waals surface area contributed by atoms with Crippen molar-refractivity contribution >= 4 is 11.9 Å². The molecule has 0 heterocycles. The standard InChI is InChI=1S/C12H24N2O3/c1-10(4-5-12(16)17)6-8-13-9-7-11(15)14(2)3/h10,13H,4-9H2,1-3H3,(H,16,17). The lowest BCUT2D eigenvalue weighted by atomic mass is 10.0. The fourth-order valence-electron chi connectivity index (χ4n) is 1.41. The number of amides is 1. The summed E-state index contributed by atoms with van der Waals surface area (Å²) in [6.07, 6.45) is 2.41. The molecule has 1 atom stereocenters. The Hall–Kier alpha value is -1.10. The van der Waals surface area contributed by atoms with Crippen LogP contribution in [0, 0.1) is 5.92 Å². The molecule has 5 heteroatoms. The van der Waals surface area contributed by atoms with E-state index in [2.05, 4.69) is 12.2 Å². The molecule has 0 spiro atoms. The van der Waals surface area contributed by atoms with Crippen molar-refractivity contribution < 1.29 is 14.7 Å². The van der Waals surface area contributed by atoms with Crippen molar-refractivity contribution in [2.24, 2.45) is 5.92 Å². The fraction of sp³-hybridized carbons (Fsp3) is 0.833. The first kappa shape index (κ1) is 15.9. The molecule has 0 fully saturated rings. The van der Waals surface area contributed by atoms with Gasteiger partial charge in [0.1, 0.15) is 0 Å². The van der Waals surface area contributed by atoms with Gasteiger partial charge in [-0.05, 0) is 25.3 Å². The first-order valence-corrected chi connectivity index (χ1v) is 6.06. The molecule has 0 aliphatic carbocycles. The van der Waals surface area contributed by atoms with Gasteiger partial charge in [-0.3, -0.25) is 9.59 Å². The van der Waals surface area contributed by atoms with Crippen molar-refractivity contribution in [2.75, 3.05) is 27.2 Å². The lowest BCUT2D eigenvalue weighted by molar-refractivity contribution is -0.137. The minimum Gasteiger partial charge on any atom is -0.481 e. The predicted octanol–water partition coefficient (Wildman–Crippen LogP) is 0.945. The summed E-state index contributed by atoms with van der Waals surface area (Å²) in [5.74, 6) is -0.207. The highest BCUT2D eigenvalue weighted by Gasteiger charge is 2.06. The second-order valence-electron chi connectivity index (χ2n) is 4.61. The van der Waals surface area contributed by atoms with Gasteiger partial charge in [0.2, 0.25) is 5.91 Å². The molecule has 0 aromatic rings. The zero-order valence-corrected chi connectivity index (χ0v) is 11.0. The molecule has 100 valence electrons. The van der Waals surface area contributed by atoms with Gasteiger partial charge in [-0.25, -0.2) is 0 Å². The van der Waals surface area contributed by atoms with Gasteiger partial charge in [0, 0.05) is 33.5 Å². The van der Waals surface area contributed by atoms with E-state index in [1.165, 1.54) is 0 Å². The van der Waals surface area contributed by atoms with Crippen LogP contribution in [-0.4, -0.2) is 49.1 Å². The van der Waals surface area contributed by atoms with Crippen LogP contribution in [0.3, 0.4) is 0 Å². The van der Waals surface area contributed by atoms with Crippen LogP contribution in [-0.2, 0) is 9.59 Å². The van der Waals surface area contributed by atoms with Crippen LogP contribution in [0.15, 0.2) is 0 Å². The third kappa shape index (κ3) is 9.81. The number of carbonyl (C=O) groups excluding carboxylic acids is 1. The van der Waals surface area contributed by atoms with Crippen molar-refractivity contribution in [3.05, 3.63) is 0 Å². The summed E-state index contributed by atoms with van der Waals surface area (Å²) in [6, 6.07) is 0. The summed E-state index contributed by atoms with van der Waals surface area (Å²) in [7, 11) is 3.49. The Morgan fingerprint density at radius 1 is 1.18 bits per heavy atom. The van der Waals surface area contributed by atoms with Gasteiger partial charge in [0.15, 0.2) is 0 Å². The van der Waals surface area contributed by atoms with Crippen molar-refractivity contribution in [3.63, 3.8) is 0 Å². The second kappa shape index (κ2) is 8.98. The Bertz CT molecular complexity index is 242. The van der Waals surface area contributed by atoms with Gasteiger partial charge in [0.05, 0.1) is 0 Å². The minimum absolute atomic E-state index is 0.122. The lowest BCUT2D eigenvalue weighted by Crippen LogP contribution is -2.27. The molecule has 0 bridgehead atoms. The molecule has 0 aliphatic rings. The van der Waals surface area contributed by atoms with Crippen LogP contribution >= 0.6 is 0 Å². The Labute approximate surface area is 103 Å². The van der Waals surface area contributed by atoms with Crippen LogP contribution in [0.25, 0.3) is 0 Å². The van der Waals surface area contributed by atoms with Crippen molar-refractivity contribution in [1.82, 2.24) is 10.2 Å². The smallest absolute Gasteiger partial charge is 0.303 e. The van der Waals surface area contributed by atoms with E-state index in [0.717, 1.165) is 13.0 Å². The largest absolute Gasteiger partial charge is 0.481 e. The molecule has 1 amide bonds. The summed E-state index contributed by atoms with van der Waals surface area (Å²) in [4.78, 5) is 23.2. The van der Waals surface area contributed by atoms with Gasteiger partial charge in [-0.1, -0.05) is 6.92 Å². The first-order valence-electron chi connectivity index (χ1n) is 6.06. The SMILES string of the molecule is CC(CCNCCC(=O)N(C)C)CCC(=O)O. The minimum atomic E-state index is -0.735. The molecule has 5 nitrogen and oxygen atoms in total. The summed E-state index contributed by atoms with van der Waals surface area (Å²) < 4.78 is 0. The van der Waals surface area contributed by atoms with Crippen LogP contribution < -0.4 is 5.32 Å². The number of carboxylic acid groups (broad SMARTS) is 1. The number of nitrogens with one attached hydrogen (secondary N) is 1. The number of nitrogens with zero attached hydrogens (tertiary/aromatic N) is 1. The average Bonchev–Trinajstić information content (AvgIpc) is 2.25. The molecule has 0 rings (SSSR count). The highest BCUT2D eigenvalue weighted by atomic mass is 16.4. The summed E-state index contributed by atoms with van der Waals surface area (Å²) in [5, 5.41) is 11.7. The molecular formula is C12H24N2O3. The molecule has 0 aromatic carbocycles. The third-order valence-electron chi connectivity index (χ3n) is 2.68. The molecule has 0 radical (unpaired) electrons. The van der Waals surface area contributed by atoms with Crippen LogP contribution in [0.1, 0.15) is 32.6 Å². The van der Waals surface area contributed by atoms with Gasteiger partial charge in [0.25, 0.3) is 0 Å².